The molecule has 0 heterocycles. The zero-order chi connectivity index (χ0) is 55.0. The summed E-state index contributed by atoms with van der Waals surface area (Å²) >= 11 is 0. The Morgan fingerprint density at radius 3 is 0.868 bits per heavy atom. The molecule has 0 saturated heterocycles. The van der Waals surface area contributed by atoms with Crippen LogP contribution in [0.1, 0.15) is 323 Å². The van der Waals surface area contributed by atoms with Crippen molar-refractivity contribution in [3.05, 3.63) is 85.1 Å². The molecular weight excluding hydrogens is 937 g/mol. The molecule has 0 spiro atoms. The van der Waals surface area contributed by atoms with Crippen LogP contribution in [0, 0.1) is 0 Å². The quantitative estimate of drug-likeness (QED) is 0.0261. The van der Waals surface area contributed by atoms with E-state index in [1.807, 2.05) is 0 Å². The number of allylic oxidation sites excluding steroid dienone is 14. The number of ether oxygens (including phenoxy) is 3. The van der Waals surface area contributed by atoms with E-state index in [1.165, 1.54) is 180 Å². The van der Waals surface area contributed by atoms with Gasteiger partial charge in [-0.15, -0.1) is 0 Å². The van der Waals surface area contributed by atoms with Crippen LogP contribution in [0.25, 0.3) is 0 Å². The van der Waals surface area contributed by atoms with E-state index in [2.05, 4.69) is 106 Å². The van der Waals surface area contributed by atoms with E-state index >= 15 is 0 Å². The number of hydrogen-bond donors (Lipinski definition) is 0. The molecule has 76 heavy (non-hydrogen) atoms. The topological polar surface area (TPSA) is 78.9 Å². The molecule has 0 aromatic heterocycles. The van der Waals surface area contributed by atoms with Crippen molar-refractivity contribution in [2.75, 3.05) is 13.2 Å². The smallest absolute Gasteiger partial charge is 0.306 e. The normalized spacial score (nSPS) is 12.6. The molecule has 0 rings (SSSR count). The van der Waals surface area contributed by atoms with Crippen molar-refractivity contribution in [3.63, 3.8) is 0 Å². The fraction of sp³-hybridized carbons (Fsp3) is 0.757. The summed E-state index contributed by atoms with van der Waals surface area (Å²) in [6.07, 6.45) is 84.6. The molecule has 0 aliphatic carbocycles. The highest BCUT2D eigenvalue weighted by Crippen LogP contribution is 2.17. The molecule has 6 heteroatoms. The molecule has 0 amide bonds. The first kappa shape index (κ1) is 72.6. The summed E-state index contributed by atoms with van der Waals surface area (Å²) in [6, 6.07) is 0. The lowest BCUT2D eigenvalue weighted by molar-refractivity contribution is -0.167. The van der Waals surface area contributed by atoms with E-state index in [0.717, 1.165) is 103 Å². The van der Waals surface area contributed by atoms with E-state index < -0.39 is 6.10 Å². The van der Waals surface area contributed by atoms with Gasteiger partial charge in [-0.1, -0.05) is 279 Å². The van der Waals surface area contributed by atoms with Gasteiger partial charge in [-0.05, 0) is 109 Å². The lowest BCUT2D eigenvalue weighted by Crippen LogP contribution is -2.30. The van der Waals surface area contributed by atoms with E-state index in [9.17, 15) is 14.4 Å². The van der Waals surface area contributed by atoms with Crippen LogP contribution in [0.4, 0.5) is 0 Å². The molecule has 0 bridgehead atoms. The second kappa shape index (κ2) is 64.1. The fourth-order valence-corrected chi connectivity index (χ4v) is 9.23. The lowest BCUT2D eigenvalue weighted by Gasteiger charge is -2.18. The van der Waals surface area contributed by atoms with Gasteiger partial charge in [-0.25, -0.2) is 0 Å². The number of hydrogen-bond acceptors (Lipinski definition) is 6. The summed E-state index contributed by atoms with van der Waals surface area (Å²) in [5.41, 5.74) is 0. The van der Waals surface area contributed by atoms with Crippen molar-refractivity contribution in [2.45, 2.75) is 329 Å². The van der Waals surface area contributed by atoms with Crippen LogP contribution in [-0.4, -0.2) is 37.2 Å². The Morgan fingerprint density at radius 1 is 0.276 bits per heavy atom. The Bertz CT molecular complexity index is 1450. The molecule has 438 valence electrons. The Hall–Kier alpha value is -3.41. The van der Waals surface area contributed by atoms with Crippen LogP contribution in [0.3, 0.4) is 0 Å². The summed E-state index contributed by atoms with van der Waals surface area (Å²) in [5, 5.41) is 0. The Kier molecular flexibility index (Phi) is 61.2. The van der Waals surface area contributed by atoms with Crippen molar-refractivity contribution in [1.29, 1.82) is 0 Å². The molecule has 1 unspecified atom stereocenters. The van der Waals surface area contributed by atoms with Gasteiger partial charge in [0.15, 0.2) is 6.10 Å². The highest BCUT2D eigenvalue weighted by atomic mass is 16.6. The minimum atomic E-state index is -0.781. The zero-order valence-electron chi connectivity index (χ0n) is 50.3. The first-order valence-corrected chi connectivity index (χ1v) is 32.6. The predicted molar refractivity (Wildman–Crippen MR) is 330 cm³/mol. The van der Waals surface area contributed by atoms with E-state index in [-0.39, 0.29) is 31.1 Å². The largest absolute Gasteiger partial charge is 0.462 e. The van der Waals surface area contributed by atoms with Crippen LogP contribution >= 0.6 is 0 Å². The molecule has 0 aliphatic heterocycles. The maximum absolute atomic E-state index is 12.9. The maximum Gasteiger partial charge on any atom is 0.306 e. The van der Waals surface area contributed by atoms with E-state index in [4.69, 9.17) is 14.2 Å². The zero-order valence-corrected chi connectivity index (χ0v) is 50.3. The number of carbonyl (C=O) groups is 3. The van der Waals surface area contributed by atoms with Gasteiger partial charge in [0, 0.05) is 19.3 Å². The minimum Gasteiger partial charge on any atom is -0.462 e. The van der Waals surface area contributed by atoms with E-state index in [0.29, 0.717) is 19.3 Å². The average Bonchev–Trinajstić information content (AvgIpc) is 3.42. The van der Waals surface area contributed by atoms with Crippen LogP contribution in [-0.2, 0) is 28.6 Å². The van der Waals surface area contributed by atoms with Gasteiger partial charge >= 0.3 is 17.9 Å². The number of carbonyl (C=O) groups excluding carboxylic acids is 3. The van der Waals surface area contributed by atoms with Crippen LogP contribution in [0.15, 0.2) is 85.1 Å². The van der Waals surface area contributed by atoms with Crippen LogP contribution < -0.4 is 0 Å². The molecular formula is C70H122O6. The third-order valence-corrected chi connectivity index (χ3v) is 14.1. The van der Waals surface area contributed by atoms with Crippen LogP contribution in [0.5, 0.6) is 0 Å². The molecule has 0 aromatic rings. The molecule has 0 aliphatic rings. The summed E-state index contributed by atoms with van der Waals surface area (Å²) in [4.78, 5) is 38.2. The van der Waals surface area contributed by atoms with Crippen molar-refractivity contribution >= 4 is 17.9 Å². The standard InChI is InChI=1S/C70H122O6/c1-4-7-10-13-16-19-22-24-26-28-30-31-32-33-34-35-36-37-38-39-41-42-44-46-48-51-54-57-60-63-69(72)75-66-67(65-74-68(71)62-59-56-53-50-21-18-15-12-9-6-3)76-70(73)64-61-58-55-52-49-47-45-43-40-29-27-25-23-20-17-14-11-8-5-2/h7,10,12,15-17,19-20,24-27,30-31,67H,4-6,8-9,11,13-14,18,21-23,28-29,32-66H2,1-3H3/b10-7-,15-12-,19-16-,20-17-,26-24-,27-25-,31-30-. The monoisotopic (exact) mass is 1060 g/mol. The van der Waals surface area contributed by atoms with Gasteiger partial charge in [-0.2, -0.15) is 0 Å². The van der Waals surface area contributed by atoms with Gasteiger partial charge in [0.25, 0.3) is 0 Å². The highest BCUT2D eigenvalue weighted by Gasteiger charge is 2.19. The number of esters is 3. The molecule has 0 radical (unpaired) electrons. The van der Waals surface area contributed by atoms with Crippen molar-refractivity contribution in [1.82, 2.24) is 0 Å². The Morgan fingerprint density at radius 2 is 0.539 bits per heavy atom. The Balaban J connectivity index is 4.17. The average molecular weight is 1060 g/mol. The summed E-state index contributed by atoms with van der Waals surface area (Å²) in [5.74, 6) is -0.881. The summed E-state index contributed by atoms with van der Waals surface area (Å²) in [7, 11) is 0. The second-order valence-electron chi connectivity index (χ2n) is 21.6. The minimum absolute atomic E-state index is 0.0782. The fourth-order valence-electron chi connectivity index (χ4n) is 9.23. The predicted octanol–water partition coefficient (Wildman–Crippen LogP) is 22.3. The van der Waals surface area contributed by atoms with Crippen molar-refractivity contribution in [3.8, 4) is 0 Å². The van der Waals surface area contributed by atoms with E-state index in [1.54, 1.807) is 0 Å². The number of rotatable bonds is 59. The van der Waals surface area contributed by atoms with Gasteiger partial charge < -0.3 is 14.2 Å². The third kappa shape index (κ3) is 61.4. The third-order valence-electron chi connectivity index (χ3n) is 14.1. The van der Waals surface area contributed by atoms with Crippen molar-refractivity contribution < 1.29 is 28.6 Å². The molecule has 0 N–H and O–H groups in total. The SMILES string of the molecule is CC/C=C\C/C=C\C/C=C\C/C=C\CCCCCCCCCCCCCCCCCCC(=O)OCC(COC(=O)CCCCCCC/C=C\CCC)OC(=O)CCCCCCCCCCC/C=C\C/C=C\CCCCC. The first-order valence-electron chi connectivity index (χ1n) is 32.6. The van der Waals surface area contributed by atoms with Gasteiger partial charge in [0.1, 0.15) is 13.2 Å². The molecule has 6 nitrogen and oxygen atoms in total. The highest BCUT2D eigenvalue weighted by molar-refractivity contribution is 5.71. The molecule has 0 aromatic carbocycles. The summed E-state index contributed by atoms with van der Waals surface area (Å²) in [6.45, 7) is 6.46. The molecule has 0 saturated carbocycles. The van der Waals surface area contributed by atoms with Gasteiger partial charge in [-0.3, -0.25) is 14.4 Å². The lowest BCUT2D eigenvalue weighted by atomic mass is 10.0. The summed E-state index contributed by atoms with van der Waals surface area (Å²) < 4.78 is 16.9. The number of unbranched alkanes of at least 4 members (excludes halogenated alkanes) is 34. The maximum atomic E-state index is 12.9. The Labute approximate surface area is 471 Å². The van der Waals surface area contributed by atoms with Crippen LogP contribution in [0.2, 0.25) is 0 Å². The van der Waals surface area contributed by atoms with Crippen molar-refractivity contribution in [2.24, 2.45) is 0 Å². The molecule has 1 atom stereocenters. The first-order chi connectivity index (χ1) is 37.5. The molecule has 0 fully saturated rings. The van der Waals surface area contributed by atoms with Gasteiger partial charge in [0.05, 0.1) is 0 Å². The second-order valence-corrected chi connectivity index (χ2v) is 21.6. The van der Waals surface area contributed by atoms with Gasteiger partial charge in [0.2, 0.25) is 0 Å².